The van der Waals surface area contributed by atoms with Crippen molar-refractivity contribution in [2.45, 2.75) is 26.4 Å². The molecule has 0 spiro atoms. The lowest BCUT2D eigenvalue weighted by atomic mass is 10.2. The van der Waals surface area contributed by atoms with E-state index in [-0.39, 0.29) is 17.4 Å². The van der Waals surface area contributed by atoms with Crippen LogP contribution in [-0.4, -0.2) is 6.10 Å². The van der Waals surface area contributed by atoms with Crippen molar-refractivity contribution >= 4 is 5.69 Å². The molecule has 0 bridgehead atoms. The molecule has 0 unspecified atom stereocenters. The number of anilines is 1. The Balaban J connectivity index is 3.02. The Labute approximate surface area is 81.7 Å². The van der Waals surface area contributed by atoms with E-state index < -0.39 is 6.43 Å². The second-order valence-corrected chi connectivity index (χ2v) is 3.26. The monoisotopic (exact) mass is 201 g/mol. The summed E-state index contributed by atoms with van der Waals surface area (Å²) >= 11 is 0. The van der Waals surface area contributed by atoms with Gasteiger partial charge in [-0.3, -0.25) is 0 Å². The van der Waals surface area contributed by atoms with E-state index in [9.17, 15) is 8.78 Å². The molecule has 4 heteroatoms. The van der Waals surface area contributed by atoms with Crippen molar-refractivity contribution in [1.82, 2.24) is 0 Å². The number of alkyl halides is 2. The first-order valence-electron chi connectivity index (χ1n) is 4.35. The van der Waals surface area contributed by atoms with Crippen LogP contribution >= 0.6 is 0 Å². The summed E-state index contributed by atoms with van der Waals surface area (Å²) in [5.41, 5.74) is 5.57. The lowest BCUT2D eigenvalue weighted by molar-refractivity contribution is 0.141. The summed E-state index contributed by atoms with van der Waals surface area (Å²) in [5.74, 6) is 0.198. The summed E-state index contributed by atoms with van der Waals surface area (Å²) < 4.78 is 30.3. The Kier molecular flexibility index (Phi) is 3.28. The smallest absolute Gasteiger partial charge is 0.267 e. The largest absolute Gasteiger partial charge is 0.491 e. The number of hydrogen-bond donors (Lipinski definition) is 1. The predicted molar refractivity (Wildman–Crippen MR) is 51.6 cm³/mol. The zero-order chi connectivity index (χ0) is 10.7. The molecule has 2 nitrogen and oxygen atoms in total. The van der Waals surface area contributed by atoms with Crippen molar-refractivity contribution in [3.63, 3.8) is 0 Å². The van der Waals surface area contributed by atoms with Gasteiger partial charge >= 0.3 is 0 Å². The highest BCUT2D eigenvalue weighted by atomic mass is 19.3. The van der Waals surface area contributed by atoms with Gasteiger partial charge in [-0.05, 0) is 32.0 Å². The zero-order valence-corrected chi connectivity index (χ0v) is 8.13. The molecule has 0 aliphatic heterocycles. The number of benzene rings is 1. The Morgan fingerprint density at radius 1 is 1.29 bits per heavy atom. The average Bonchev–Trinajstić information content (AvgIpc) is 2.07. The third-order valence-corrected chi connectivity index (χ3v) is 1.63. The van der Waals surface area contributed by atoms with Crippen LogP contribution in [0, 0.1) is 0 Å². The number of hydrogen-bond acceptors (Lipinski definition) is 2. The van der Waals surface area contributed by atoms with E-state index >= 15 is 0 Å². The normalized spacial score (nSPS) is 11.0. The van der Waals surface area contributed by atoms with Gasteiger partial charge < -0.3 is 10.5 Å². The maximum Gasteiger partial charge on any atom is 0.267 e. The van der Waals surface area contributed by atoms with E-state index in [0.29, 0.717) is 5.69 Å². The van der Waals surface area contributed by atoms with Crippen molar-refractivity contribution in [2.75, 3.05) is 5.73 Å². The third-order valence-electron chi connectivity index (χ3n) is 1.63. The van der Waals surface area contributed by atoms with E-state index in [4.69, 9.17) is 10.5 Å². The van der Waals surface area contributed by atoms with Gasteiger partial charge in [0.15, 0.2) is 0 Å². The molecule has 0 aliphatic carbocycles. The lowest BCUT2D eigenvalue weighted by Crippen LogP contribution is -2.08. The van der Waals surface area contributed by atoms with Crippen LogP contribution in [-0.2, 0) is 0 Å². The van der Waals surface area contributed by atoms with E-state index in [2.05, 4.69) is 0 Å². The van der Waals surface area contributed by atoms with Crippen molar-refractivity contribution in [2.24, 2.45) is 0 Å². The van der Waals surface area contributed by atoms with Crippen LogP contribution < -0.4 is 10.5 Å². The molecule has 0 saturated carbocycles. The van der Waals surface area contributed by atoms with Gasteiger partial charge in [0, 0.05) is 5.69 Å². The molecule has 0 aromatic heterocycles. The summed E-state index contributed by atoms with van der Waals surface area (Å²) in [7, 11) is 0. The highest BCUT2D eigenvalue weighted by molar-refractivity contribution is 5.48. The van der Waals surface area contributed by atoms with Crippen molar-refractivity contribution < 1.29 is 13.5 Å². The standard InChI is InChI=1S/C10H13F2NO/c1-6(2)14-9-4-3-7(13)5-8(9)10(11)12/h3-6,10H,13H2,1-2H3. The fourth-order valence-electron chi connectivity index (χ4n) is 1.10. The number of ether oxygens (including phenoxy) is 1. The summed E-state index contributed by atoms with van der Waals surface area (Å²) in [4.78, 5) is 0. The minimum absolute atomic E-state index is 0.129. The molecular formula is C10H13F2NO. The molecule has 0 aliphatic rings. The molecule has 78 valence electrons. The van der Waals surface area contributed by atoms with Gasteiger partial charge in [-0.2, -0.15) is 0 Å². The molecule has 0 heterocycles. The van der Waals surface area contributed by atoms with Gasteiger partial charge in [-0.15, -0.1) is 0 Å². The molecule has 0 saturated heterocycles. The zero-order valence-electron chi connectivity index (χ0n) is 8.13. The van der Waals surface area contributed by atoms with E-state index in [1.54, 1.807) is 19.9 Å². The summed E-state index contributed by atoms with van der Waals surface area (Å²) in [6.07, 6.45) is -2.69. The molecule has 1 aromatic carbocycles. The summed E-state index contributed by atoms with van der Waals surface area (Å²) in [5, 5.41) is 0. The molecule has 2 N–H and O–H groups in total. The van der Waals surface area contributed by atoms with Gasteiger partial charge in [-0.25, -0.2) is 8.78 Å². The second kappa shape index (κ2) is 4.26. The number of halogens is 2. The maximum absolute atomic E-state index is 12.5. The molecule has 1 aromatic rings. The van der Waals surface area contributed by atoms with Gasteiger partial charge in [0.2, 0.25) is 0 Å². The third kappa shape index (κ3) is 2.58. The van der Waals surface area contributed by atoms with Crippen LogP contribution in [0.2, 0.25) is 0 Å². The SMILES string of the molecule is CC(C)Oc1ccc(N)cc1C(F)F. The van der Waals surface area contributed by atoms with Gasteiger partial charge in [0.25, 0.3) is 6.43 Å². The second-order valence-electron chi connectivity index (χ2n) is 3.26. The first-order valence-corrected chi connectivity index (χ1v) is 4.35. The fourth-order valence-corrected chi connectivity index (χ4v) is 1.10. The number of nitrogens with two attached hydrogens (primary N) is 1. The van der Waals surface area contributed by atoms with Crippen LogP contribution in [0.3, 0.4) is 0 Å². The minimum atomic E-state index is -2.56. The molecule has 0 amide bonds. The maximum atomic E-state index is 12.5. The van der Waals surface area contributed by atoms with Crippen LogP contribution in [0.5, 0.6) is 5.75 Å². The molecule has 1 rings (SSSR count). The van der Waals surface area contributed by atoms with Crippen LogP contribution in [0.25, 0.3) is 0 Å². The number of rotatable bonds is 3. The van der Waals surface area contributed by atoms with Crippen molar-refractivity contribution in [1.29, 1.82) is 0 Å². The average molecular weight is 201 g/mol. The van der Waals surface area contributed by atoms with E-state index in [0.717, 1.165) is 0 Å². The van der Waals surface area contributed by atoms with Gasteiger partial charge in [0.1, 0.15) is 5.75 Å². The fraction of sp³-hybridized carbons (Fsp3) is 0.400. The Morgan fingerprint density at radius 3 is 2.43 bits per heavy atom. The molecule has 0 radical (unpaired) electrons. The first-order chi connectivity index (χ1) is 6.50. The molecule has 0 fully saturated rings. The van der Waals surface area contributed by atoms with Crippen LogP contribution in [0.4, 0.5) is 14.5 Å². The highest BCUT2D eigenvalue weighted by Gasteiger charge is 2.15. The summed E-state index contributed by atoms with van der Waals surface area (Å²) in [6.45, 7) is 3.57. The first kappa shape index (κ1) is 10.8. The lowest BCUT2D eigenvalue weighted by Gasteiger charge is -2.14. The quantitative estimate of drug-likeness (QED) is 0.763. The highest BCUT2D eigenvalue weighted by Crippen LogP contribution is 2.31. The Morgan fingerprint density at radius 2 is 1.93 bits per heavy atom. The van der Waals surface area contributed by atoms with Crippen molar-refractivity contribution in [3.8, 4) is 5.75 Å². The number of nitrogen functional groups attached to an aromatic ring is 1. The van der Waals surface area contributed by atoms with Gasteiger partial charge in [-0.1, -0.05) is 0 Å². The Hall–Kier alpha value is -1.32. The van der Waals surface area contributed by atoms with E-state index in [1.807, 2.05) is 0 Å². The Bertz CT molecular complexity index is 313. The van der Waals surface area contributed by atoms with Crippen molar-refractivity contribution in [3.05, 3.63) is 23.8 Å². The van der Waals surface area contributed by atoms with Gasteiger partial charge in [0.05, 0.1) is 11.7 Å². The molecular weight excluding hydrogens is 188 g/mol. The molecule has 14 heavy (non-hydrogen) atoms. The molecule has 0 atom stereocenters. The van der Waals surface area contributed by atoms with Crippen LogP contribution in [0.15, 0.2) is 18.2 Å². The van der Waals surface area contributed by atoms with E-state index in [1.165, 1.54) is 12.1 Å². The summed E-state index contributed by atoms with van der Waals surface area (Å²) in [6, 6.07) is 4.25. The minimum Gasteiger partial charge on any atom is -0.491 e. The topological polar surface area (TPSA) is 35.2 Å². The predicted octanol–water partition coefficient (Wildman–Crippen LogP) is 2.99. The van der Waals surface area contributed by atoms with Crippen LogP contribution in [0.1, 0.15) is 25.8 Å².